The summed E-state index contributed by atoms with van der Waals surface area (Å²) in [4.78, 5) is 14.3. The molecule has 0 saturated carbocycles. The first-order valence-corrected chi connectivity index (χ1v) is 8.01. The molecule has 1 aliphatic heterocycles. The molecule has 5 nitrogen and oxygen atoms in total. The maximum atomic E-state index is 12.2. The average Bonchev–Trinajstić information content (AvgIpc) is 2.51. The number of methoxy groups -OCH3 is 1. The second-order valence-corrected chi connectivity index (χ2v) is 6.26. The van der Waals surface area contributed by atoms with Gasteiger partial charge in [-0.15, -0.1) is 12.4 Å². The lowest BCUT2D eigenvalue weighted by atomic mass is 9.99. The first-order chi connectivity index (χ1) is 10.5. The first-order valence-electron chi connectivity index (χ1n) is 7.25. The predicted molar refractivity (Wildman–Crippen MR) is 96.8 cm³/mol. The molecule has 0 aromatic heterocycles. The molecule has 2 atom stereocenters. The van der Waals surface area contributed by atoms with E-state index in [0.717, 1.165) is 19.4 Å². The van der Waals surface area contributed by atoms with Crippen LogP contribution in [0.25, 0.3) is 0 Å². The molecule has 1 aromatic carbocycles. The highest BCUT2D eigenvalue weighted by atomic mass is 35.5. The minimum Gasteiger partial charge on any atom is -0.381 e. The maximum absolute atomic E-state index is 12.2. The van der Waals surface area contributed by atoms with Gasteiger partial charge in [0.15, 0.2) is 0 Å². The predicted octanol–water partition coefficient (Wildman–Crippen LogP) is 2.79. The van der Waals surface area contributed by atoms with Crippen molar-refractivity contribution in [3.8, 4) is 0 Å². The van der Waals surface area contributed by atoms with Gasteiger partial charge in [-0.2, -0.15) is 0 Å². The van der Waals surface area contributed by atoms with Gasteiger partial charge in [0.2, 0.25) is 5.91 Å². The minimum absolute atomic E-state index is 0. The van der Waals surface area contributed by atoms with E-state index in [9.17, 15) is 4.79 Å². The normalized spacial score (nSPS) is 21.6. The largest absolute Gasteiger partial charge is 0.381 e. The molecule has 23 heavy (non-hydrogen) atoms. The van der Waals surface area contributed by atoms with Crippen LogP contribution < -0.4 is 11.1 Å². The number of carbonyl (C=O) groups excluding carboxylic acids is 1. The zero-order chi connectivity index (χ0) is 16.1. The quantitative estimate of drug-likeness (QED) is 0.822. The number of rotatable bonds is 5. The number of benzene rings is 1. The van der Waals surface area contributed by atoms with Crippen molar-refractivity contribution < 1.29 is 9.53 Å². The van der Waals surface area contributed by atoms with Crippen LogP contribution in [0.3, 0.4) is 0 Å². The number of hydrogen-bond acceptors (Lipinski definition) is 4. The fourth-order valence-electron chi connectivity index (χ4n) is 2.70. The van der Waals surface area contributed by atoms with Crippen molar-refractivity contribution in [3.63, 3.8) is 0 Å². The van der Waals surface area contributed by atoms with Crippen LogP contribution in [0.2, 0.25) is 10.0 Å². The molecule has 0 radical (unpaired) electrons. The minimum atomic E-state index is -0.126. The molecule has 0 aliphatic carbocycles. The van der Waals surface area contributed by atoms with Crippen LogP contribution in [0, 0.1) is 0 Å². The number of amides is 1. The van der Waals surface area contributed by atoms with Gasteiger partial charge < -0.3 is 15.8 Å². The summed E-state index contributed by atoms with van der Waals surface area (Å²) in [7, 11) is 1.71. The monoisotopic (exact) mass is 381 g/mol. The van der Waals surface area contributed by atoms with E-state index in [2.05, 4.69) is 10.2 Å². The number of likely N-dealkylation sites (tertiary alicyclic amines) is 1. The van der Waals surface area contributed by atoms with Gasteiger partial charge in [0, 0.05) is 31.3 Å². The number of nitrogens with two attached hydrogens (primary N) is 1. The molecule has 130 valence electrons. The van der Waals surface area contributed by atoms with Crippen molar-refractivity contribution in [1.29, 1.82) is 0 Å². The summed E-state index contributed by atoms with van der Waals surface area (Å²) in [6, 6.07) is 5.13. The van der Waals surface area contributed by atoms with Crippen LogP contribution in [-0.2, 0) is 9.53 Å². The lowest BCUT2D eigenvalue weighted by Crippen LogP contribution is -2.50. The van der Waals surface area contributed by atoms with Gasteiger partial charge in [-0.3, -0.25) is 9.69 Å². The standard InChI is InChI=1S/C15H21Cl2N3O2.ClH/c1-22-12-4-5-20(11(7-12)8-18)9-15(21)19-14-6-10(16)2-3-13(14)17;/h2-3,6,11-12H,4-5,7-9,18H2,1H3,(H,19,21);1H. The summed E-state index contributed by atoms with van der Waals surface area (Å²) in [5.41, 5.74) is 6.34. The van der Waals surface area contributed by atoms with E-state index < -0.39 is 0 Å². The third-order valence-corrected chi connectivity index (χ3v) is 4.51. The molecule has 1 aromatic rings. The summed E-state index contributed by atoms with van der Waals surface area (Å²) in [6.45, 7) is 1.57. The number of ether oxygens (including phenoxy) is 1. The number of carbonyl (C=O) groups is 1. The van der Waals surface area contributed by atoms with E-state index >= 15 is 0 Å². The summed E-state index contributed by atoms with van der Waals surface area (Å²) in [5.74, 6) is -0.126. The Morgan fingerprint density at radius 2 is 2.22 bits per heavy atom. The molecular formula is C15H22Cl3N3O2. The number of piperidine rings is 1. The lowest BCUT2D eigenvalue weighted by molar-refractivity contribution is -0.118. The Labute approximate surface area is 152 Å². The summed E-state index contributed by atoms with van der Waals surface area (Å²) in [6.07, 6.45) is 1.96. The van der Waals surface area contributed by atoms with E-state index in [4.69, 9.17) is 33.7 Å². The van der Waals surface area contributed by atoms with E-state index in [0.29, 0.717) is 22.3 Å². The Bertz CT molecular complexity index is 531. The molecule has 1 saturated heterocycles. The average molecular weight is 383 g/mol. The highest BCUT2D eigenvalue weighted by Gasteiger charge is 2.28. The number of anilines is 1. The number of halogens is 3. The van der Waals surface area contributed by atoms with Crippen molar-refractivity contribution in [1.82, 2.24) is 4.90 Å². The second-order valence-electron chi connectivity index (χ2n) is 5.41. The molecule has 8 heteroatoms. The van der Waals surface area contributed by atoms with Crippen LogP contribution in [0.1, 0.15) is 12.8 Å². The van der Waals surface area contributed by atoms with Gasteiger partial charge in [-0.05, 0) is 31.0 Å². The second kappa shape index (κ2) is 9.67. The molecule has 2 rings (SSSR count). The van der Waals surface area contributed by atoms with E-state index in [-0.39, 0.29) is 37.0 Å². The molecule has 1 fully saturated rings. The fraction of sp³-hybridized carbons (Fsp3) is 0.533. The Morgan fingerprint density at radius 3 is 2.87 bits per heavy atom. The van der Waals surface area contributed by atoms with Crippen molar-refractivity contribution in [3.05, 3.63) is 28.2 Å². The van der Waals surface area contributed by atoms with E-state index in [1.54, 1.807) is 25.3 Å². The van der Waals surface area contributed by atoms with Gasteiger partial charge >= 0.3 is 0 Å². The fourth-order valence-corrected chi connectivity index (χ4v) is 3.03. The van der Waals surface area contributed by atoms with Crippen molar-refractivity contribution in [2.75, 3.05) is 32.1 Å². The topological polar surface area (TPSA) is 67.6 Å². The smallest absolute Gasteiger partial charge is 0.238 e. The Hall–Kier alpha value is -0.560. The molecule has 2 unspecified atom stereocenters. The van der Waals surface area contributed by atoms with Gasteiger partial charge in [-0.1, -0.05) is 23.2 Å². The van der Waals surface area contributed by atoms with E-state index in [1.807, 2.05) is 0 Å². The number of nitrogens with zero attached hydrogens (tertiary/aromatic N) is 1. The van der Waals surface area contributed by atoms with E-state index in [1.165, 1.54) is 0 Å². The molecular weight excluding hydrogens is 361 g/mol. The van der Waals surface area contributed by atoms with Crippen LogP contribution in [-0.4, -0.2) is 49.7 Å². The summed E-state index contributed by atoms with van der Waals surface area (Å²) in [5, 5.41) is 3.79. The summed E-state index contributed by atoms with van der Waals surface area (Å²) >= 11 is 12.0. The lowest BCUT2D eigenvalue weighted by Gasteiger charge is -2.37. The molecule has 0 bridgehead atoms. The zero-order valence-electron chi connectivity index (χ0n) is 12.9. The van der Waals surface area contributed by atoms with Crippen molar-refractivity contribution in [2.24, 2.45) is 5.73 Å². The van der Waals surface area contributed by atoms with Crippen LogP contribution in [0.4, 0.5) is 5.69 Å². The van der Waals surface area contributed by atoms with Crippen molar-refractivity contribution >= 4 is 47.2 Å². The van der Waals surface area contributed by atoms with Crippen LogP contribution >= 0.6 is 35.6 Å². The summed E-state index contributed by atoms with van der Waals surface area (Å²) < 4.78 is 5.39. The van der Waals surface area contributed by atoms with Gasteiger partial charge in [0.05, 0.1) is 23.4 Å². The van der Waals surface area contributed by atoms with Gasteiger partial charge in [-0.25, -0.2) is 0 Å². The molecule has 3 N–H and O–H groups in total. The van der Waals surface area contributed by atoms with Crippen LogP contribution in [0.15, 0.2) is 18.2 Å². The molecule has 1 heterocycles. The van der Waals surface area contributed by atoms with Crippen LogP contribution in [0.5, 0.6) is 0 Å². The van der Waals surface area contributed by atoms with Gasteiger partial charge in [0.25, 0.3) is 0 Å². The molecule has 0 spiro atoms. The first kappa shape index (κ1) is 20.5. The highest BCUT2D eigenvalue weighted by molar-refractivity contribution is 6.35. The third kappa shape index (κ3) is 5.78. The Morgan fingerprint density at radius 1 is 1.48 bits per heavy atom. The Kier molecular flexibility index (Phi) is 8.61. The number of nitrogens with one attached hydrogen (secondary N) is 1. The van der Waals surface area contributed by atoms with Gasteiger partial charge in [0.1, 0.15) is 0 Å². The molecule has 1 amide bonds. The third-order valence-electron chi connectivity index (χ3n) is 3.94. The number of hydrogen-bond donors (Lipinski definition) is 2. The zero-order valence-corrected chi connectivity index (χ0v) is 15.3. The van der Waals surface area contributed by atoms with Crippen molar-refractivity contribution in [2.45, 2.75) is 25.0 Å². The Balaban J connectivity index is 0.00000264. The SMILES string of the molecule is COC1CCN(CC(=O)Nc2cc(Cl)ccc2Cl)C(CN)C1.Cl. The highest BCUT2D eigenvalue weighted by Crippen LogP contribution is 2.25. The molecule has 1 aliphatic rings. The maximum Gasteiger partial charge on any atom is 0.238 e.